The number of aryl methyl sites for hydroxylation is 1. The molecule has 2 aliphatic heterocycles. The molecule has 1 aromatic carbocycles. The van der Waals surface area contributed by atoms with Crippen LogP contribution in [0.4, 0.5) is 4.79 Å². The summed E-state index contributed by atoms with van der Waals surface area (Å²) in [4.78, 5) is 27.6. The fourth-order valence-electron chi connectivity index (χ4n) is 6.63. The lowest BCUT2D eigenvalue weighted by Crippen LogP contribution is -2.64. The van der Waals surface area contributed by atoms with Gasteiger partial charge in [-0.25, -0.2) is 4.79 Å². The van der Waals surface area contributed by atoms with Gasteiger partial charge >= 0.3 is 6.03 Å². The third-order valence-corrected chi connectivity index (χ3v) is 8.40. The first-order chi connectivity index (χ1) is 14.4. The Morgan fingerprint density at radius 3 is 2.67 bits per heavy atom. The van der Waals surface area contributed by atoms with Gasteiger partial charge in [0.1, 0.15) is 11.3 Å². The van der Waals surface area contributed by atoms with Crippen LogP contribution >= 0.6 is 0 Å². The number of methoxy groups -OCH3 is 1. The summed E-state index contributed by atoms with van der Waals surface area (Å²) in [5.74, 6) is 2.02. The number of rotatable bonds is 4. The number of benzene rings is 1. The third-order valence-electron chi connectivity index (χ3n) is 8.40. The molecule has 4 fully saturated rings. The van der Waals surface area contributed by atoms with Gasteiger partial charge in [0.25, 0.3) is 5.91 Å². The average molecular weight is 412 g/mol. The van der Waals surface area contributed by atoms with E-state index in [1.165, 1.54) is 30.5 Å². The van der Waals surface area contributed by atoms with E-state index in [2.05, 4.69) is 41.5 Å². The van der Waals surface area contributed by atoms with Crippen molar-refractivity contribution in [2.75, 3.05) is 20.2 Å². The number of imide groups is 1. The molecule has 2 N–H and O–H groups in total. The number of piperidine rings is 1. The minimum atomic E-state index is -0.790. The van der Waals surface area contributed by atoms with E-state index in [0.29, 0.717) is 24.8 Å². The Bertz CT molecular complexity index is 882. The standard InChI is InChI=1S/C24H33N3O3/c1-15-4-7-18(30-3)12-20(15)23-10-11-27(13-17-5-6-17)16(2)19(23)8-9-24(14-23)21(28)25-22(29)26-24/h4,7,12,16-17,19H,5-6,8-11,13-14H2,1-3H3,(H2,25,26,28,29). The third kappa shape index (κ3) is 3.03. The van der Waals surface area contributed by atoms with E-state index in [1.54, 1.807) is 7.11 Å². The number of carbonyl (C=O) groups excluding carboxylic acids is 2. The number of likely N-dealkylation sites (tertiary alicyclic amines) is 1. The van der Waals surface area contributed by atoms with Crippen LogP contribution in [0.2, 0.25) is 0 Å². The van der Waals surface area contributed by atoms with Gasteiger partial charge in [-0.05, 0) is 94.0 Å². The molecule has 6 nitrogen and oxygen atoms in total. The number of fused-ring (bicyclic) bond motifs is 1. The Balaban J connectivity index is 1.58. The van der Waals surface area contributed by atoms with Gasteiger partial charge < -0.3 is 15.0 Å². The van der Waals surface area contributed by atoms with E-state index in [-0.39, 0.29) is 17.4 Å². The van der Waals surface area contributed by atoms with Crippen molar-refractivity contribution in [1.82, 2.24) is 15.5 Å². The van der Waals surface area contributed by atoms with Crippen molar-refractivity contribution in [2.24, 2.45) is 11.8 Å². The zero-order valence-corrected chi connectivity index (χ0v) is 18.3. The lowest BCUT2D eigenvalue weighted by atomic mass is 9.52. The van der Waals surface area contributed by atoms with Crippen LogP contribution in [0.1, 0.15) is 56.6 Å². The number of hydrogen-bond acceptors (Lipinski definition) is 4. The summed E-state index contributed by atoms with van der Waals surface area (Å²) in [5, 5.41) is 5.53. The fourth-order valence-corrected chi connectivity index (χ4v) is 6.63. The minimum absolute atomic E-state index is 0.148. The van der Waals surface area contributed by atoms with E-state index in [0.717, 1.165) is 31.1 Å². The maximum absolute atomic E-state index is 12.9. The van der Waals surface area contributed by atoms with E-state index in [9.17, 15) is 9.59 Å². The highest BCUT2D eigenvalue weighted by Crippen LogP contribution is 2.56. The molecule has 1 spiro atoms. The van der Waals surface area contributed by atoms with Crippen molar-refractivity contribution in [2.45, 2.75) is 69.4 Å². The maximum atomic E-state index is 12.9. The topological polar surface area (TPSA) is 70.7 Å². The number of carbonyl (C=O) groups is 2. The molecule has 162 valence electrons. The molecule has 4 unspecified atom stereocenters. The summed E-state index contributed by atoms with van der Waals surface area (Å²) in [6.07, 6.45) is 6.05. The minimum Gasteiger partial charge on any atom is -0.497 e. The molecule has 2 aliphatic carbocycles. The van der Waals surface area contributed by atoms with Crippen LogP contribution in [0.25, 0.3) is 0 Å². The highest BCUT2D eigenvalue weighted by Gasteiger charge is 2.60. The van der Waals surface area contributed by atoms with Gasteiger partial charge in [-0.2, -0.15) is 0 Å². The summed E-state index contributed by atoms with van der Waals surface area (Å²) in [7, 11) is 1.71. The SMILES string of the molecule is COc1ccc(C)c(C23CCN(CC4CC4)C(C)C2CCC2(C3)NC(=O)NC2=O)c1. The predicted molar refractivity (Wildman–Crippen MR) is 115 cm³/mol. The Kier molecular flexibility index (Phi) is 4.62. The number of urea groups is 1. The van der Waals surface area contributed by atoms with Crippen LogP contribution in [0.3, 0.4) is 0 Å². The number of nitrogens with one attached hydrogen (secondary N) is 2. The van der Waals surface area contributed by atoms with Crippen molar-refractivity contribution in [3.8, 4) is 5.75 Å². The fraction of sp³-hybridized carbons (Fsp3) is 0.667. The van der Waals surface area contributed by atoms with Gasteiger partial charge in [0.2, 0.25) is 0 Å². The molecule has 2 saturated heterocycles. The smallest absolute Gasteiger partial charge is 0.322 e. The number of ether oxygens (including phenoxy) is 1. The molecule has 4 atom stereocenters. The summed E-state index contributed by atoms with van der Waals surface area (Å²) < 4.78 is 5.58. The lowest BCUT2D eigenvalue weighted by Gasteiger charge is -2.58. The molecule has 0 aromatic heterocycles. The second-order valence-corrected chi connectivity index (χ2v) is 10.1. The first kappa shape index (κ1) is 19.9. The van der Waals surface area contributed by atoms with Crippen LogP contribution < -0.4 is 15.4 Å². The molecular formula is C24H33N3O3. The van der Waals surface area contributed by atoms with Gasteiger partial charge in [0.05, 0.1) is 7.11 Å². The zero-order valence-electron chi connectivity index (χ0n) is 18.3. The predicted octanol–water partition coefficient (Wildman–Crippen LogP) is 3.12. The normalized spacial score (nSPS) is 36.4. The highest BCUT2D eigenvalue weighted by molar-refractivity contribution is 6.07. The number of hydrogen-bond donors (Lipinski definition) is 2. The molecular weight excluding hydrogens is 378 g/mol. The zero-order chi connectivity index (χ0) is 21.1. The molecule has 0 radical (unpaired) electrons. The molecule has 30 heavy (non-hydrogen) atoms. The summed E-state index contributed by atoms with van der Waals surface area (Å²) in [5.41, 5.74) is 1.59. The van der Waals surface area contributed by atoms with Crippen molar-refractivity contribution in [1.29, 1.82) is 0 Å². The van der Waals surface area contributed by atoms with Crippen molar-refractivity contribution >= 4 is 11.9 Å². The summed E-state index contributed by atoms with van der Waals surface area (Å²) in [6.45, 7) is 6.78. The van der Waals surface area contributed by atoms with Crippen LogP contribution in [0.15, 0.2) is 18.2 Å². The van der Waals surface area contributed by atoms with Crippen LogP contribution in [-0.2, 0) is 10.2 Å². The number of amides is 3. The van der Waals surface area contributed by atoms with E-state index in [4.69, 9.17) is 4.74 Å². The van der Waals surface area contributed by atoms with Crippen molar-refractivity contribution in [3.63, 3.8) is 0 Å². The van der Waals surface area contributed by atoms with E-state index in [1.807, 2.05) is 6.07 Å². The van der Waals surface area contributed by atoms with Crippen LogP contribution in [-0.4, -0.2) is 48.6 Å². The first-order valence-corrected chi connectivity index (χ1v) is 11.4. The number of nitrogens with zero attached hydrogens (tertiary/aromatic N) is 1. The van der Waals surface area contributed by atoms with E-state index < -0.39 is 5.54 Å². The maximum Gasteiger partial charge on any atom is 0.322 e. The summed E-state index contributed by atoms with van der Waals surface area (Å²) in [6, 6.07) is 6.44. The van der Waals surface area contributed by atoms with E-state index >= 15 is 0 Å². The molecule has 2 heterocycles. The van der Waals surface area contributed by atoms with Crippen molar-refractivity contribution in [3.05, 3.63) is 29.3 Å². The Labute approximate surface area is 178 Å². The van der Waals surface area contributed by atoms with Gasteiger partial charge in [-0.3, -0.25) is 10.1 Å². The monoisotopic (exact) mass is 411 g/mol. The van der Waals surface area contributed by atoms with Crippen LogP contribution in [0, 0.1) is 18.8 Å². The molecule has 3 amide bonds. The molecule has 1 aromatic rings. The first-order valence-electron chi connectivity index (χ1n) is 11.4. The van der Waals surface area contributed by atoms with Crippen LogP contribution in [0.5, 0.6) is 5.75 Å². The highest BCUT2D eigenvalue weighted by atomic mass is 16.5. The van der Waals surface area contributed by atoms with Gasteiger partial charge in [0, 0.05) is 18.0 Å². The molecule has 4 aliphatic rings. The van der Waals surface area contributed by atoms with Gasteiger partial charge in [-0.15, -0.1) is 0 Å². The molecule has 5 rings (SSSR count). The molecule has 2 saturated carbocycles. The van der Waals surface area contributed by atoms with Gasteiger partial charge in [0.15, 0.2) is 0 Å². The Morgan fingerprint density at radius 2 is 2.00 bits per heavy atom. The molecule has 0 bridgehead atoms. The second-order valence-electron chi connectivity index (χ2n) is 10.1. The van der Waals surface area contributed by atoms with Crippen molar-refractivity contribution < 1.29 is 14.3 Å². The Hall–Kier alpha value is -2.08. The van der Waals surface area contributed by atoms with Gasteiger partial charge in [-0.1, -0.05) is 6.07 Å². The Morgan fingerprint density at radius 1 is 1.20 bits per heavy atom. The largest absolute Gasteiger partial charge is 0.497 e. The molecule has 6 heteroatoms. The second kappa shape index (κ2) is 6.98. The lowest BCUT2D eigenvalue weighted by molar-refractivity contribution is -0.128. The quantitative estimate of drug-likeness (QED) is 0.747. The summed E-state index contributed by atoms with van der Waals surface area (Å²) >= 11 is 0. The average Bonchev–Trinajstić information content (AvgIpc) is 3.50.